The van der Waals surface area contributed by atoms with Crippen molar-refractivity contribution in [1.82, 2.24) is 5.32 Å². The summed E-state index contributed by atoms with van der Waals surface area (Å²) in [5.41, 5.74) is 6.86. The SMILES string of the molecule is CC(OC(=O)C(Cc1ccccc1)NC(N)=O)C(=O)Nc1ccc(C#N)cc1. The van der Waals surface area contributed by atoms with Gasteiger partial charge in [-0.2, -0.15) is 5.26 Å². The molecule has 0 fully saturated rings. The predicted octanol–water partition coefficient (Wildman–Crippen LogP) is 1.71. The van der Waals surface area contributed by atoms with Crippen molar-refractivity contribution in [2.45, 2.75) is 25.5 Å². The number of hydrogen-bond donors (Lipinski definition) is 3. The monoisotopic (exact) mass is 380 g/mol. The maximum Gasteiger partial charge on any atom is 0.329 e. The molecule has 0 bridgehead atoms. The summed E-state index contributed by atoms with van der Waals surface area (Å²) < 4.78 is 5.19. The van der Waals surface area contributed by atoms with Crippen LogP contribution in [0.4, 0.5) is 10.5 Å². The average molecular weight is 380 g/mol. The Morgan fingerprint density at radius 1 is 1.11 bits per heavy atom. The smallest absolute Gasteiger partial charge is 0.329 e. The van der Waals surface area contributed by atoms with Crippen molar-refractivity contribution < 1.29 is 19.1 Å². The molecule has 4 N–H and O–H groups in total. The van der Waals surface area contributed by atoms with Gasteiger partial charge >= 0.3 is 12.0 Å². The molecule has 8 heteroatoms. The highest BCUT2D eigenvalue weighted by atomic mass is 16.5. The number of benzene rings is 2. The number of nitrogens with zero attached hydrogens (tertiary/aromatic N) is 1. The quantitative estimate of drug-likeness (QED) is 0.629. The molecule has 0 aliphatic heterocycles. The summed E-state index contributed by atoms with van der Waals surface area (Å²) in [5, 5.41) is 13.7. The maximum atomic E-state index is 12.4. The minimum atomic E-state index is -1.10. The van der Waals surface area contributed by atoms with Gasteiger partial charge in [-0.25, -0.2) is 9.59 Å². The van der Waals surface area contributed by atoms with Gasteiger partial charge in [-0.1, -0.05) is 30.3 Å². The fourth-order valence-corrected chi connectivity index (χ4v) is 2.40. The van der Waals surface area contributed by atoms with Gasteiger partial charge < -0.3 is 21.1 Å². The molecule has 144 valence electrons. The number of esters is 1. The molecule has 2 atom stereocenters. The van der Waals surface area contributed by atoms with E-state index in [0.29, 0.717) is 11.3 Å². The van der Waals surface area contributed by atoms with Gasteiger partial charge in [0, 0.05) is 12.1 Å². The van der Waals surface area contributed by atoms with Gasteiger partial charge in [0.05, 0.1) is 11.6 Å². The van der Waals surface area contributed by atoms with E-state index in [2.05, 4.69) is 10.6 Å². The molecule has 0 spiro atoms. The molecule has 28 heavy (non-hydrogen) atoms. The Morgan fingerprint density at radius 2 is 1.75 bits per heavy atom. The number of nitrogens with one attached hydrogen (secondary N) is 2. The Kier molecular flexibility index (Phi) is 7.11. The van der Waals surface area contributed by atoms with Crippen LogP contribution >= 0.6 is 0 Å². The fraction of sp³-hybridized carbons (Fsp3) is 0.200. The summed E-state index contributed by atoms with van der Waals surface area (Å²) in [4.78, 5) is 35.9. The van der Waals surface area contributed by atoms with E-state index in [0.717, 1.165) is 5.56 Å². The topological polar surface area (TPSA) is 134 Å². The molecule has 0 radical (unpaired) electrons. The normalized spacial score (nSPS) is 12.1. The summed E-state index contributed by atoms with van der Waals surface area (Å²) in [5.74, 6) is -1.32. The highest BCUT2D eigenvalue weighted by molar-refractivity contribution is 5.95. The van der Waals surface area contributed by atoms with E-state index in [1.54, 1.807) is 48.5 Å². The fourth-order valence-electron chi connectivity index (χ4n) is 2.40. The lowest BCUT2D eigenvalue weighted by atomic mass is 10.1. The minimum Gasteiger partial charge on any atom is -0.451 e. The number of urea groups is 1. The van der Waals surface area contributed by atoms with Gasteiger partial charge in [-0.05, 0) is 36.8 Å². The molecular weight excluding hydrogens is 360 g/mol. The average Bonchev–Trinajstić information content (AvgIpc) is 2.68. The number of nitriles is 1. The summed E-state index contributed by atoms with van der Waals surface area (Å²) in [7, 11) is 0. The Morgan fingerprint density at radius 3 is 2.32 bits per heavy atom. The zero-order chi connectivity index (χ0) is 20.5. The first-order valence-electron chi connectivity index (χ1n) is 8.50. The van der Waals surface area contributed by atoms with Crippen LogP contribution in [-0.4, -0.2) is 30.1 Å². The van der Waals surface area contributed by atoms with Crippen LogP contribution in [0.3, 0.4) is 0 Å². The summed E-state index contributed by atoms with van der Waals surface area (Å²) in [6.45, 7) is 1.42. The van der Waals surface area contributed by atoms with Crippen LogP contribution in [0.25, 0.3) is 0 Å². The first kappa shape index (κ1) is 20.5. The van der Waals surface area contributed by atoms with Crippen molar-refractivity contribution in [2.75, 3.05) is 5.32 Å². The molecule has 8 nitrogen and oxygen atoms in total. The lowest BCUT2D eigenvalue weighted by molar-refractivity contribution is -0.155. The summed E-state index contributed by atoms with van der Waals surface area (Å²) in [6.07, 6.45) is -0.928. The van der Waals surface area contributed by atoms with Crippen LogP contribution in [0.2, 0.25) is 0 Å². The van der Waals surface area contributed by atoms with Crippen molar-refractivity contribution in [3.05, 3.63) is 65.7 Å². The first-order chi connectivity index (χ1) is 13.4. The molecule has 0 saturated carbocycles. The van der Waals surface area contributed by atoms with Crippen LogP contribution in [0.1, 0.15) is 18.1 Å². The molecule has 3 amide bonds. The molecular formula is C20H20N4O4. The van der Waals surface area contributed by atoms with Crippen LogP contribution in [0, 0.1) is 11.3 Å². The van der Waals surface area contributed by atoms with Crippen LogP contribution in [0.15, 0.2) is 54.6 Å². The van der Waals surface area contributed by atoms with E-state index in [4.69, 9.17) is 15.7 Å². The van der Waals surface area contributed by atoms with Crippen molar-refractivity contribution in [3.8, 4) is 6.07 Å². The number of carbonyl (C=O) groups is 3. The largest absolute Gasteiger partial charge is 0.451 e. The first-order valence-corrected chi connectivity index (χ1v) is 8.50. The summed E-state index contributed by atoms with van der Waals surface area (Å²) in [6, 6.07) is 15.4. The van der Waals surface area contributed by atoms with E-state index < -0.39 is 30.1 Å². The number of nitrogens with two attached hydrogens (primary N) is 1. The van der Waals surface area contributed by atoms with E-state index in [-0.39, 0.29) is 6.42 Å². The molecule has 2 unspecified atom stereocenters. The molecule has 2 aromatic carbocycles. The second kappa shape index (κ2) is 9.73. The van der Waals surface area contributed by atoms with E-state index in [9.17, 15) is 14.4 Å². The molecule has 0 aromatic heterocycles. The second-order valence-electron chi connectivity index (χ2n) is 6.01. The van der Waals surface area contributed by atoms with E-state index in [1.165, 1.54) is 6.92 Å². The maximum absolute atomic E-state index is 12.4. The van der Waals surface area contributed by atoms with E-state index >= 15 is 0 Å². The van der Waals surface area contributed by atoms with Gasteiger partial charge in [0.2, 0.25) is 0 Å². The predicted molar refractivity (Wildman–Crippen MR) is 102 cm³/mol. The van der Waals surface area contributed by atoms with Gasteiger partial charge in [0.15, 0.2) is 6.10 Å². The Labute approximate surface area is 162 Å². The molecule has 2 aromatic rings. The molecule has 0 aliphatic rings. The van der Waals surface area contributed by atoms with Crippen molar-refractivity contribution in [1.29, 1.82) is 5.26 Å². The minimum absolute atomic E-state index is 0.173. The number of primary amides is 1. The third-order valence-electron chi connectivity index (χ3n) is 3.83. The number of rotatable bonds is 7. The zero-order valence-electron chi connectivity index (χ0n) is 15.2. The molecule has 0 aliphatic carbocycles. The van der Waals surface area contributed by atoms with E-state index in [1.807, 2.05) is 12.1 Å². The Balaban J connectivity index is 1.98. The standard InChI is InChI=1S/C20H20N4O4/c1-13(18(25)23-16-9-7-15(12-21)8-10-16)28-19(26)17(24-20(22)27)11-14-5-3-2-4-6-14/h2-10,13,17H,11H2,1H3,(H,23,25)(H3,22,24,27). The third kappa shape index (κ3) is 6.14. The number of ether oxygens (including phenoxy) is 1. The number of hydrogen-bond acceptors (Lipinski definition) is 5. The van der Waals surface area contributed by atoms with Gasteiger partial charge in [0.25, 0.3) is 5.91 Å². The van der Waals surface area contributed by atoms with Crippen LogP contribution in [-0.2, 0) is 20.7 Å². The Bertz CT molecular complexity index is 875. The van der Waals surface area contributed by atoms with Crippen molar-refractivity contribution in [2.24, 2.45) is 5.73 Å². The lowest BCUT2D eigenvalue weighted by Crippen LogP contribution is -2.47. The number of amides is 3. The summed E-state index contributed by atoms with van der Waals surface area (Å²) >= 11 is 0. The number of anilines is 1. The van der Waals surface area contributed by atoms with Crippen molar-refractivity contribution >= 4 is 23.6 Å². The van der Waals surface area contributed by atoms with Crippen LogP contribution < -0.4 is 16.4 Å². The second-order valence-corrected chi connectivity index (χ2v) is 6.01. The van der Waals surface area contributed by atoms with Crippen molar-refractivity contribution in [3.63, 3.8) is 0 Å². The lowest BCUT2D eigenvalue weighted by Gasteiger charge is -2.19. The molecule has 0 saturated heterocycles. The highest BCUT2D eigenvalue weighted by Crippen LogP contribution is 2.11. The third-order valence-corrected chi connectivity index (χ3v) is 3.83. The van der Waals surface area contributed by atoms with Gasteiger partial charge in [0.1, 0.15) is 6.04 Å². The van der Waals surface area contributed by atoms with Gasteiger partial charge in [-0.15, -0.1) is 0 Å². The van der Waals surface area contributed by atoms with Gasteiger partial charge in [-0.3, -0.25) is 4.79 Å². The molecule has 0 heterocycles. The number of carbonyl (C=O) groups excluding carboxylic acids is 3. The zero-order valence-corrected chi connectivity index (χ0v) is 15.2. The molecule has 2 rings (SSSR count). The highest BCUT2D eigenvalue weighted by Gasteiger charge is 2.26. The van der Waals surface area contributed by atoms with Crippen LogP contribution in [0.5, 0.6) is 0 Å². The Hall–Kier alpha value is -3.86.